The fourth-order valence-corrected chi connectivity index (χ4v) is 2.45. The summed E-state index contributed by atoms with van der Waals surface area (Å²) in [6.45, 7) is 0. The van der Waals surface area contributed by atoms with Crippen LogP contribution in [0.3, 0.4) is 0 Å². The molecule has 0 fully saturated rings. The van der Waals surface area contributed by atoms with E-state index in [0.717, 1.165) is 12.1 Å². The zero-order valence-electron chi connectivity index (χ0n) is 7.75. The lowest BCUT2D eigenvalue weighted by Crippen LogP contribution is -2.03. The van der Waals surface area contributed by atoms with Gasteiger partial charge in [0.15, 0.2) is 0 Å². The molecule has 0 unspecified atom stereocenters. The molecular weight excluding hydrogens is 303 g/mol. The van der Waals surface area contributed by atoms with Crippen molar-refractivity contribution < 1.29 is 13.2 Å². The summed E-state index contributed by atoms with van der Waals surface area (Å²) in [5.41, 5.74) is 0.0376. The third-order valence-electron chi connectivity index (χ3n) is 1.94. The fourth-order valence-electron chi connectivity index (χ4n) is 1.19. The van der Waals surface area contributed by atoms with Gasteiger partial charge in [-0.15, -0.1) is 11.3 Å². The second kappa shape index (κ2) is 4.18. The summed E-state index contributed by atoms with van der Waals surface area (Å²) in [5, 5.41) is 2.48. The van der Waals surface area contributed by atoms with Gasteiger partial charge in [0.2, 0.25) is 0 Å². The molecule has 0 bridgehead atoms. The zero-order valence-corrected chi connectivity index (χ0v) is 10.2. The van der Waals surface area contributed by atoms with Crippen LogP contribution in [0.5, 0.6) is 0 Å². The van der Waals surface area contributed by atoms with E-state index in [4.69, 9.17) is 0 Å². The summed E-state index contributed by atoms with van der Waals surface area (Å²) < 4.78 is 37.6. The highest BCUT2D eigenvalue weighted by Crippen LogP contribution is 2.32. The van der Waals surface area contributed by atoms with E-state index in [9.17, 15) is 13.2 Å². The van der Waals surface area contributed by atoms with Crippen LogP contribution in [-0.4, -0.2) is 4.98 Å². The van der Waals surface area contributed by atoms with Gasteiger partial charge in [0.25, 0.3) is 0 Å². The zero-order chi connectivity index (χ0) is 11.8. The Morgan fingerprint density at radius 3 is 2.19 bits per heavy atom. The minimum absolute atomic E-state index is 0.646. The molecule has 1 aromatic carbocycles. The molecule has 6 heteroatoms. The Morgan fingerprint density at radius 2 is 1.75 bits per heavy atom. The van der Waals surface area contributed by atoms with Crippen LogP contribution in [0.25, 0.3) is 10.6 Å². The molecule has 0 saturated heterocycles. The minimum Gasteiger partial charge on any atom is -0.229 e. The van der Waals surface area contributed by atoms with E-state index in [0.29, 0.717) is 15.2 Å². The number of alkyl halides is 3. The lowest BCUT2D eigenvalue weighted by atomic mass is 10.1. The first-order valence-electron chi connectivity index (χ1n) is 4.25. The Morgan fingerprint density at radius 1 is 1.12 bits per heavy atom. The molecule has 2 rings (SSSR count). The second-order valence-electron chi connectivity index (χ2n) is 3.05. The molecule has 0 spiro atoms. The third kappa shape index (κ3) is 2.44. The quantitative estimate of drug-likeness (QED) is 0.751. The average molecular weight is 308 g/mol. The third-order valence-corrected chi connectivity index (χ3v) is 3.54. The van der Waals surface area contributed by atoms with E-state index in [1.54, 1.807) is 5.38 Å². The van der Waals surface area contributed by atoms with Crippen LogP contribution in [0.15, 0.2) is 34.2 Å². The highest BCUT2D eigenvalue weighted by Gasteiger charge is 2.30. The summed E-state index contributed by atoms with van der Waals surface area (Å²) in [7, 11) is 0. The smallest absolute Gasteiger partial charge is 0.229 e. The SMILES string of the molecule is FC(F)(F)c1ccc(-c2nc(Br)cs2)cc1. The predicted molar refractivity (Wildman–Crippen MR) is 60.3 cm³/mol. The van der Waals surface area contributed by atoms with Gasteiger partial charge in [0, 0.05) is 10.9 Å². The molecule has 1 heterocycles. The first-order chi connectivity index (χ1) is 7.47. The van der Waals surface area contributed by atoms with Gasteiger partial charge in [0.1, 0.15) is 9.61 Å². The van der Waals surface area contributed by atoms with Crippen LogP contribution in [0.1, 0.15) is 5.56 Å². The Bertz CT molecular complexity index is 490. The van der Waals surface area contributed by atoms with Crippen molar-refractivity contribution in [3.05, 3.63) is 39.8 Å². The lowest BCUT2D eigenvalue weighted by Gasteiger charge is -2.06. The molecular formula is C10H5BrF3NS. The Labute approximate surface area is 102 Å². The lowest BCUT2D eigenvalue weighted by molar-refractivity contribution is -0.137. The monoisotopic (exact) mass is 307 g/mol. The van der Waals surface area contributed by atoms with Gasteiger partial charge >= 0.3 is 6.18 Å². The molecule has 1 nitrogen and oxygen atoms in total. The number of halogens is 4. The summed E-state index contributed by atoms with van der Waals surface area (Å²) in [4.78, 5) is 4.13. The molecule has 0 radical (unpaired) electrons. The first kappa shape index (κ1) is 11.6. The first-order valence-corrected chi connectivity index (χ1v) is 5.93. The van der Waals surface area contributed by atoms with Gasteiger partial charge in [-0.25, -0.2) is 4.98 Å². The van der Waals surface area contributed by atoms with Gasteiger partial charge in [-0.2, -0.15) is 13.2 Å². The number of hydrogen-bond acceptors (Lipinski definition) is 2. The summed E-state index contributed by atoms with van der Waals surface area (Å²) in [6.07, 6.45) is -4.29. The van der Waals surface area contributed by atoms with Gasteiger partial charge < -0.3 is 0 Å². The Kier molecular flexibility index (Phi) is 3.03. The highest BCUT2D eigenvalue weighted by atomic mass is 79.9. The van der Waals surface area contributed by atoms with E-state index < -0.39 is 11.7 Å². The fraction of sp³-hybridized carbons (Fsp3) is 0.100. The standard InChI is InChI=1S/C10H5BrF3NS/c11-8-5-16-9(15-8)6-1-3-7(4-2-6)10(12,13)14/h1-5H. The number of thiazole rings is 1. The van der Waals surface area contributed by atoms with Crippen LogP contribution >= 0.6 is 27.3 Å². The number of nitrogens with zero attached hydrogens (tertiary/aromatic N) is 1. The van der Waals surface area contributed by atoms with Crippen molar-refractivity contribution >= 4 is 27.3 Å². The van der Waals surface area contributed by atoms with Crippen molar-refractivity contribution in [3.8, 4) is 10.6 Å². The minimum atomic E-state index is -4.29. The molecule has 0 aliphatic rings. The molecule has 0 aliphatic carbocycles. The highest BCUT2D eigenvalue weighted by molar-refractivity contribution is 9.10. The van der Waals surface area contributed by atoms with Crippen molar-refractivity contribution in [2.24, 2.45) is 0 Å². The molecule has 16 heavy (non-hydrogen) atoms. The normalized spacial score (nSPS) is 11.8. The van der Waals surface area contributed by atoms with Crippen molar-refractivity contribution in [1.82, 2.24) is 4.98 Å². The van der Waals surface area contributed by atoms with Crippen LogP contribution in [-0.2, 0) is 6.18 Å². The molecule has 2 aromatic rings. The number of benzene rings is 1. The van der Waals surface area contributed by atoms with Gasteiger partial charge in [-0.3, -0.25) is 0 Å². The van der Waals surface area contributed by atoms with E-state index in [2.05, 4.69) is 20.9 Å². The van der Waals surface area contributed by atoms with Crippen LogP contribution in [0, 0.1) is 0 Å². The Hall–Kier alpha value is -0.880. The largest absolute Gasteiger partial charge is 0.416 e. The van der Waals surface area contributed by atoms with Crippen LogP contribution in [0.4, 0.5) is 13.2 Å². The molecule has 0 saturated carbocycles. The van der Waals surface area contributed by atoms with E-state index in [-0.39, 0.29) is 0 Å². The average Bonchev–Trinajstić information content (AvgIpc) is 2.64. The van der Waals surface area contributed by atoms with E-state index in [1.807, 2.05) is 0 Å². The van der Waals surface area contributed by atoms with Crippen molar-refractivity contribution in [2.45, 2.75) is 6.18 Å². The number of rotatable bonds is 1. The summed E-state index contributed by atoms with van der Waals surface area (Å²) in [6, 6.07) is 4.97. The molecule has 1 aromatic heterocycles. The summed E-state index contributed by atoms with van der Waals surface area (Å²) in [5.74, 6) is 0. The van der Waals surface area contributed by atoms with Gasteiger partial charge in [-0.1, -0.05) is 12.1 Å². The second-order valence-corrected chi connectivity index (χ2v) is 4.72. The molecule has 84 valence electrons. The predicted octanol–water partition coefficient (Wildman–Crippen LogP) is 4.59. The molecule has 0 amide bonds. The van der Waals surface area contributed by atoms with Gasteiger partial charge in [-0.05, 0) is 28.1 Å². The molecule has 0 atom stereocenters. The summed E-state index contributed by atoms with van der Waals surface area (Å²) >= 11 is 4.57. The van der Waals surface area contributed by atoms with E-state index in [1.165, 1.54) is 23.5 Å². The number of hydrogen-bond donors (Lipinski definition) is 0. The number of aromatic nitrogens is 1. The maximum atomic E-state index is 12.3. The van der Waals surface area contributed by atoms with Gasteiger partial charge in [0.05, 0.1) is 5.56 Å². The molecule has 0 aliphatic heterocycles. The Balaban J connectivity index is 2.33. The van der Waals surface area contributed by atoms with Crippen LogP contribution in [0.2, 0.25) is 0 Å². The topological polar surface area (TPSA) is 12.9 Å². The maximum absolute atomic E-state index is 12.3. The van der Waals surface area contributed by atoms with Crippen molar-refractivity contribution in [3.63, 3.8) is 0 Å². The van der Waals surface area contributed by atoms with E-state index >= 15 is 0 Å². The van der Waals surface area contributed by atoms with Crippen molar-refractivity contribution in [1.29, 1.82) is 0 Å². The maximum Gasteiger partial charge on any atom is 0.416 e. The molecule has 0 N–H and O–H groups in total. The van der Waals surface area contributed by atoms with Crippen LogP contribution < -0.4 is 0 Å². The van der Waals surface area contributed by atoms with Crippen molar-refractivity contribution in [2.75, 3.05) is 0 Å².